The zero-order valence-corrected chi connectivity index (χ0v) is 12.8. The number of rotatable bonds is 6. The summed E-state index contributed by atoms with van der Waals surface area (Å²) in [5.41, 5.74) is 0.649. The van der Waals surface area contributed by atoms with Gasteiger partial charge in [0.25, 0.3) is 0 Å². The van der Waals surface area contributed by atoms with E-state index >= 15 is 0 Å². The Morgan fingerprint density at radius 2 is 1.83 bits per heavy atom. The van der Waals surface area contributed by atoms with Crippen molar-refractivity contribution in [3.05, 3.63) is 35.9 Å². The maximum absolute atomic E-state index is 12.8. The van der Waals surface area contributed by atoms with Gasteiger partial charge in [-0.05, 0) is 11.5 Å². The summed E-state index contributed by atoms with van der Waals surface area (Å²) in [5.74, 6) is -0.747. The van der Waals surface area contributed by atoms with Crippen molar-refractivity contribution < 1.29 is 32.9 Å². The zero-order chi connectivity index (χ0) is 17.6. The molecule has 1 amide bonds. The van der Waals surface area contributed by atoms with E-state index in [1.54, 1.807) is 30.3 Å². The molecule has 0 heterocycles. The molecule has 0 aromatic heterocycles. The summed E-state index contributed by atoms with van der Waals surface area (Å²) < 4.78 is 43.2. The van der Waals surface area contributed by atoms with Gasteiger partial charge in [0.05, 0.1) is 6.04 Å². The van der Waals surface area contributed by atoms with Crippen molar-refractivity contribution in [3.8, 4) is 0 Å². The highest BCUT2D eigenvalue weighted by Gasteiger charge is 2.48. The first-order valence-electron chi connectivity index (χ1n) is 7.01. The van der Waals surface area contributed by atoms with Crippen LogP contribution in [0, 0.1) is 5.92 Å². The maximum atomic E-state index is 12.8. The number of hydrogen-bond donors (Lipinski definition) is 2. The van der Waals surface area contributed by atoms with E-state index in [9.17, 15) is 28.2 Å². The Hall–Kier alpha value is -1.80. The number of halogens is 3. The van der Waals surface area contributed by atoms with Gasteiger partial charge in [0.15, 0.2) is 6.10 Å². The average Bonchev–Trinajstić information content (AvgIpc) is 2.49. The van der Waals surface area contributed by atoms with Gasteiger partial charge in [-0.1, -0.05) is 44.2 Å². The van der Waals surface area contributed by atoms with Gasteiger partial charge < -0.3 is 14.9 Å². The molecule has 0 aliphatic heterocycles. The van der Waals surface area contributed by atoms with Crippen molar-refractivity contribution in [1.82, 2.24) is 4.90 Å². The molecule has 0 aliphatic rings. The fraction of sp³-hybridized carbons (Fsp3) is 0.533. The average molecular weight is 335 g/mol. The molecule has 0 bridgehead atoms. The van der Waals surface area contributed by atoms with Crippen molar-refractivity contribution in [1.29, 1.82) is 0 Å². The van der Waals surface area contributed by atoms with Gasteiger partial charge in [-0.25, -0.2) is 4.79 Å². The third kappa shape index (κ3) is 5.40. The third-order valence-corrected chi connectivity index (χ3v) is 3.29. The third-order valence-electron chi connectivity index (χ3n) is 3.29. The second-order valence-electron chi connectivity index (χ2n) is 5.37. The number of benzene rings is 1. The molecule has 2 N–H and O–H groups in total. The van der Waals surface area contributed by atoms with Crippen LogP contribution in [0.4, 0.5) is 18.0 Å². The fourth-order valence-electron chi connectivity index (χ4n) is 2.16. The Balaban J connectivity index is 2.83. The SMILES string of the molecule is CC(C)[C@@H]([C@H](O)C(F)(F)F)N(CO)C(=O)OCc1ccccc1. The van der Waals surface area contributed by atoms with Crippen LogP contribution in [0.15, 0.2) is 30.3 Å². The number of carbonyl (C=O) groups excluding carboxylic acids is 1. The van der Waals surface area contributed by atoms with E-state index in [2.05, 4.69) is 0 Å². The minimum atomic E-state index is -4.91. The van der Waals surface area contributed by atoms with Crippen LogP contribution in [0.2, 0.25) is 0 Å². The number of ether oxygens (including phenoxy) is 1. The molecular weight excluding hydrogens is 315 g/mol. The van der Waals surface area contributed by atoms with E-state index in [1.165, 1.54) is 13.8 Å². The number of amides is 1. The number of hydrogen-bond acceptors (Lipinski definition) is 4. The van der Waals surface area contributed by atoms with E-state index in [-0.39, 0.29) is 6.61 Å². The normalized spacial score (nSPS) is 14.4. The molecule has 2 atom stereocenters. The minimum absolute atomic E-state index is 0.150. The second kappa shape index (κ2) is 8.16. The summed E-state index contributed by atoms with van der Waals surface area (Å²) in [7, 11) is 0. The number of aliphatic hydroxyl groups excluding tert-OH is 2. The maximum Gasteiger partial charge on any atom is 0.416 e. The lowest BCUT2D eigenvalue weighted by Crippen LogP contribution is -2.55. The molecule has 0 unspecified atom stereocenters. The topological polar surface area (TPSA) is 70.0 Å². The highest BCUT2D eigenvalue weighted by atomic mass is 19.4. The molecule has 0 aliphatic carbocycles. The summed E-state index contributed by atoms with van der Waals surface area (Å²) in [5, 5.41) is 18.7. The van der Waals surface area contributed by atoms with E-state index in [1.807, 2.05) is 0 Å². The van der Waals surface area contributed by atoms with Crippen molar-refractivity contribution in [2.45, 2.75) is 38.8 Å². The Morgan fingerprint density at radius 1 is 1.26 bits per heavy atom. The first kappa shape index (κ1) is 19.2. The molecule has 1 aromatic rings. The van der Waals surface area contributed by atoms with E-state index < -0.39 is 37.1 Å². The first-order valence-corrected chi connectivity index (χ1v) is 7.01. The molecular formula is C15H20F3NO4. The molecule has 130 valence electrons. The van der Waals surface area contributed by atoms with Gasteiger partial charge in [-0.15, -0.1) is 0 Å². The molecule has 1 aromatic carbocycles. The van der Waals surface area contributed by atoms with Crippen molar-refractivity contribution in [2.75, 3.05) is 6.73 Å². The van der Waals surface area contributed by atoms with Crippen molar-refractivity contribution in [2.24, 2.45) is 5.92 Å². The highest BCUT2D eigenvalue weighted by molar-refractivity contribution is 5.68. The molecule has 1 rings (SSSR count). The number of alkyl halides is 3. The zero-order valence-electron chi connectivity index (χ0n) is 12.8. The quantitative estimate of drug-likeness (QED) is 0.784. The molecule has 8 heteroatoms. The van der Waals surface area contributed by atoms with Crippen molar-refractivity contribution in [3.63, 3.8) is 0 Å². The summed E-state index contributed by atoms with van der Waals surface area (Å²) in [6.07, 6.45) is -8.82. The van der Waals surface area contributed by atoms with Crippen molar-refractivity contribution >= 4 is 6.09 Å². The highest BCUT2D eigenvalue weighted by Crippen LogP contribution is 2.29. The molecule has 0 saturated carbocycles. The fourth-order valence-corrected chi connectivity index (χ4v) is 2.16. The van der Waals surface area contributed by atoms with Gasteiger partial charge >= 0.3 is 12.3 Å². The molecule has 0 saturated heterocycles. The largest absolute Gasteiger partial charge is 0.444 e. The predicted molar refractivity (Wildman–Crippen MR) is 76.2 cm³/mol. The standard InChI is InChI=1S/C15H20F3NO4/c1-10(2)12(13(21)15(16,17)18)19(9-20)14(22)23-8-11-6-4-3-5-7-11/h3-7,10,12-13,20-21H,8-9H2,1-2H3/t12-,13-/m0/s1. The molecule has 0 spiro atoms. The summed E-state index contributed by atoms with van der Waals surface area (Å²) in [6, 6.07) is 6.92. The van der Waals surface area contributed by atoms with E-state index in [0.29, 0.717) is 10.5 Å². The minimum Gasteiger partial charge on any atom is -0.444 e. The monoisotopic (exact) mass is 335 g/mol. The van der Waals surface area contributed by atoms with Crippen LogP contribution < -0.4 is 0 Å². The van der Waals surface area contributed by atoms with Gasteiger partial charge in [-0.2, -0.15) is 13.2 Å². The van der Waals surface area contributed by atoms with Gasteiger partial charge in [-0.3, -0.25) is 4.90 Å². The molecule has 0 radical (unpaired) electrons. The number of aliphatic hydroxyl groups is 2. The molecule has 0 fully saturated rings. The van der Waals surface area contributed by atoms with Crippen LogP contribution >= 0.6 is 0 Å². The Kier molecular flexibility index (Phi) is 6.83. The van der Waals surface area contributed by atoms with Gasteiger partial charge in [0.2, 0.25) is 0 Å². The Labute approximate surface area is 132 Å². The van der Waals surface area contributed by atoms with Crippen LogP contribution in [0.5, 0.6) is 0 Å². The Morgan fingerprint density at radius 3 is 2.26 bits per heavy atom. The number of nitrogens with zero attached hydrogens (tertiary/aromatic N) is 1. The lowest BCUT2D eigenvalue weighted by Gasteiger charge is -2.36. The van der Waals surface area contributed by atoms with Gasteiger partial charge in [0.1, 0.15) is 13.3 Å². The first-order chi connectivity index (χ1) is 10.7. The van der Waals surface area contributed by atoms with Crippen LogP contribution in [-0.4, -0.2) is 46.3 Å². The van der Waals surface area contributed by atoms with E-state index in [4.69, 9.17) is 4.74 Å². The van der Waals surface area contributed by atoms with E-state index in [0.717, 1.165) is 0 Å². The van der Waals surface area contributed by atoms with Gasteiger partial charge in [0, 0.05) is 0 Å². The summed E-state index contributed by atoms with van der Waals surface area (Å²) in [4.78, 5) is 12.5. The van der Waals surface area contributed by atoms with Crippen LogP contribution in [0.25, 0.3) is 0 Å². The number of carbonyl (C=O) groups is 1. The van der Waals surface area contributed by atoms with Crippen LogP contribution in [0.1, 0.15) is 19.4 Å². The Bertz CT molecular complexity index is 493. The van der Waals surface area contributed by atoms with Crippen LogP contribution in [-0.2, 0) is 11.3 Å². The molecule has 5 nitrogen and oxygen atoms in total. The second-order valence-corrected chi connectivity index (χ2v) is 5.37. The summed E-state index contributed by atoms with van der Waals surface area (Å²) in [6.45, 7) is 1.67. The lowest BCUT2D eigenvalue weighted by atomic mass is 9.97. The summed E-state index contributed by atoms with van der Waals surface area (Å²) >= 11 is 0. The smallest absolute Gasteiger partial charge is 0.416 e. The predicted octanol–water partition coefficient (Wildman–Crippen LogP) is 2.52. The van der Waals surface area contributed by atoms with Crippen LogP contribution in [0.3, 0.4) is 0 Å². The molecule has 23 heavy (non-hydrogen) atoms. The lowest BCUT2D eigenvalue weighted by molar-refractivity contribution is -0.226.